The van der Waals surface area contributed by atoms with Crippen LogP contribution in [-0.4, -0.2) is 24.7 Å². The van der Waals surface area contributed by atoms with Crippen molar-refractivity contribution in [2.24, 2.45) is 4.99 Å². The second kappa shape index (κ2) is 7.57. The molecule has 0 atom stereocenters. The third-order valence-corrected chi connectivity index (χ3v) is 4.49. The van der Waals surface area contributed by atoms with Gasteiger partial charge in [-0.3, -0.25) is 10.0 Å². The quantitative estimate of drug-likeness (QED) is 0.869. The van der Waals surface area contributed by atoms with Crippen LogP contribution in [0, 0.1) is 0 Å². The van der Waals surface area contributed by atoms with Gasteiger partial charge in [0.05, 0.1) is 12.3 Å². The average Bonchev–Trinajstić information content (AvgIpc) is 3.25. The predicted octanol–water partition coefficient (Wildman–Crippen LogP) is 3.84. The van der Waals surface area contributed by atoms with Crippen LogP contribution in [0.25, 0.3) is 0 Å². The summed E-state index contributed by atoms with van der Waals surface area (Å²) in [6.45, 7) is 5.20. The van der Waals surface area contributed by atoms with E-state index in [1.54, 1.807) is 12.4 Å². The first-order valence-corrected chi connectivity index (χ1v) is 8.81. The van der Waals surface area contributed by atoms with E-state index in [9.17, 15) is 5.11 Å². The number of phenolic OH excluding ortho intramolecular Hbond substituents is 1. The van der Waals surface area contributed by atoms with Gasteiger partial charge in [0, 0.05) is 11.0 Å². The Balaban J connectivity index is 0.000000880. The fourth-order valence-electron chi connectivity index (χ4n) is 2.93. The van der Waals surface area contributed by atoms with Crippen LogP contribution in [-0.2, 0) is 5.41 Å². The van der Waals surface area contributed by atoms with Crippen LogP contribution in [0.4, 0.5) is 5.69 Å². The lowest BCUT2D eigenvalue weighted by molar-refractivity contribution is 0.274. The normalized spacial score (nSPS) is 17.0. The van der Waals surface area contributed by atoms with Gasteiger partial charge in [-0.15, -0.1) is 0 Å². The van der Waals surface area contributed by atoms with Crippen LogP contribution in [0.15, 0.2) is 53.5 Å². The summed E-state index contributed by atoms with van der Waals surface area (Å²) < 4.78 is 5.98. The number of ether oxygens (including phenoxy) is 1. The van der Waals surface area contributed by atoms with Gasteiger partial charge in [-0.25, -0.2) is 5.43 Å². The molecule has 1 fully saturated rings. The number of rotatable bonds is 5. The Morgan fingerprint density at radius 3 is 2.44 bits per heavy atom. The fourth-order valence-corrected chi connectivity index (χ4v) is 2.93. The van der Waals surface area contributed by atoms with Gasteiger partial charge >= 0.3 is 0 Å². The summed E-state index contributed by atoms with van der Waals surface area (Å²) in [7, 11) is 0. The molecule has 1 aliphatic heterocycles. The number of hydrogen-bond acceptors (Lipinski definition) is 5. The molecule has 1 saturated carbocycles. The van der Waals surface area contributed by atoms with Crippen molar-refractivity contribution in [3.63, 3.8) is 0 Å². The lowest BCUT2D eigenvalue weighted by Gasteiger charge is -2.19. The van der Waals surface area contributed by atoms with Crippen LogP contribution in [0.5, 0.6) is 11.5 Å². The molecule has 0 radical (unpaired) electrons. The standard InChI is InChI=1S/C18H19N3O2.C2H6/c22-17-4-2-1-3-16(17)18(9-10-18)11-23-15-7-5-14(6-8-15)21-13-19-12-20-21;1-2/h1-8,13,20,22H,9-12H2;1-2H3. The number of aliphatic imine (C=N–C) groups is 1. The zero-order valence-electron chi connectivity index (χ0n) is 14.8. The first kappa shape index (κ1) is 17.3. The largest absolute Gasteiger partial charge is 0.508 e. The minimum Gasteiger partial charge on any atom is -0.508 e. The van der Waals surface area contributed by atoms with Gasteiger partial charge in [-0.1, -0.05) is 32.0 Å². The van der Waals surface area contributed by atoms with Gasteiger partial charge in [0.15, 0.2) is 0 Å². The Labute approximate surface area is 148 Å². The Kier molecular flexibility index (Phi) is 5.24. The van der Waals surface area contributed by atoms with Crippen molar-refractivity contribution in [3.8, 4) is 11.5 Å². The van der Waals surface area contributed by atoms with Gasteiger partial charge < -0.3 is 9.84 Å². The molecule has 2 aliphatic rings. The van der Waals surface area contributed by atoms with Crippen molar-refractivity contribution < 1.29 is 9.84 Å². The van der Waals surface area contributed by atoms with Crippen molar-refractivity contribution in [2.45, 2.75) is 32.1 Å². The molecule has 0 amide bonds. The molecule has 132 valence electrons. The summed E-state index contributed by atoms with van der Waals surface area (Å²) in [5.41, 5.74) is 5.12. The number of benzene rings is 2. The highest BCUT2D eigenvalue weighted by molar-refractivity contribution is 5.79. The molecular weight excluding hydrogens is 314 g/mol. The van der Waals surface area contributed by atoms with Crippen molar-refractivity contribution in [1.29, 1.82) is 0 Å². The highest BCUT2D eigenvalue weighted by atomic mass is 16.5. The molecule has 0 spiro atoms. The summed E-state index contributed by atoms with van der Waals surface area (Å²) >= 11 is 0. The van der Waals surface area contributed by atoms with Crippen LogP contribution in [0.2, 0.25) is 0 Å². The Hall–Kier alpha value is -2.53. The van der Waals surface area contributed by atoms with Crippen molar-refractivity contribution in [1.82, 2.24) is 5.43 Å². The average molecular weight is 339 g/mol. The number of aromatic hydroxyl groups is 1. The highest BCUT2D eigenvalue weighted by Crippen LogP contribution is 2.51. The molecule has 0 bridgehead atoms. The van der Waals surface area contributed by atoms with Crippen LogP contribution in [0.3, 0.4) is 0 Å². The maximum absolute atomic E-state index is 10.1. The SMILES string of the molecule is CC.Oc1ccccc1C1(COc2ccc(N3C=NCN3)cc2)CC1. The number of phenols is 1. The molecule has 25 heavy (non-hydrogen) atoms. The summed E-state index contributed by atoms with van der Waals surface area (Å²) in [4.78, 5) is 4.12. The van der Waals surface area contributed by atoms with Crippen LogP contribution in [0.1, 0.15) is 32.3 Å². The van der Waals surface area contributed by atoms with E-state index in [-0.39, 0.29) is 5.41 Å². The first-order chi connectivity index (χ1) is 12.3. The number of nitrogens with zero attached hydrogens (tertiary/aromatic N) is 2. The van der Waals surface area contributed by atoms with E-state index in [2.05, 4.69) is 10.4 Å². The molecule has 0 saturated heterocycles. The molecule has 5 heteroatoms. The third-order valence-electron chi connectivity index (χ3n) is 4.49. The van der Waals surface area contributed by atoms with E-state index < -0.39 is 0 Å². The van der Waals surface area contributed by atoms with Gasteiger partial charge in [-0.05, 0) is 43.2 Å². The topological polar surface area (TPSA) is 57.1 Å². The number of hydrogen-bond donors (Lipinski definition) is 2. The smallest absolute Gasteiger partial charge is 0.119 e. The maximum Gasteiger partial charge on any atom is 0.119 e. The minimum absolute atomic E-state index is 0.0345. The lowest BCUT2D eigenvalue weighted by atomic mass is 9.96. The molecule has 5 nitrogen and oxygen atoms in total. The van der Waals surface area contributed by atoms with E-state index in [1.807, 2.05) is 61.3 Å². The van der Waals surface area contributed by atoms with Gasteiger partial charge in [0.25, 0.3) is 0 Å². The third kappa shape index (κ3) is 3.77. The number of para-hydroxylation sites is 1. The van der Waals surface area contributed by atoms with E-state index in [1.165, 1.54) is 0 Å². The molecular formula is C20H25N3O2. The van der Waals surface area contributed by atoms with Gasteiger partial charge in [-0.2, -0.15) is 0 Å². The number of nitrogens with one attached hydrogen (secondary N) is 1. The Morgan fingerprint density at radius 1 is 1.12 bits per heavy atom. The van der Waals surface area contributed by atoms with E-state index in [0.29, 0.717) is 19.0 Å². The number of hydrazine groups is 1. The minimum atomic E-state index is -0.0345. The first-order valence-electron chi connectivity index (χ1n) is 8.81. The maximum atomic E-state index is 10.1. The Bertz CT molecular complexity index is 724. The highest BCUT2D eigenvalue weighted by Gasteiger charge is 2.46. The molecule has 1 heterocycles. The van der Waals surface area contributed by atoms with Crippen molar-refractivity contribution >= 4 is 12.0 Å². The zero-order valence-corrected chi connectivity index (χ0v) is 14.8. The van der Waals surface area contributed by atoms with E-state index in [4.69, 9.17) is 4.74 Å². The van der Waals surface area contributed by atoms with Gasteiger partial charge in [0.1, 0.15) is 24.5 Å². The molecule has 2 N–H and O–H groups in total. The van der Waals surface area contributed by atoms with Gasteiger partial charge in [0.2, 0.25) is 0 Å². The number of anilines is 1. The second-order valence-electron chi connectivity index (χ2n) is 6.06. The second-order valence-corrected chi connectivity index (χ2v) is 6.06. The monoisotopic (exact) mass is 339 g/mol. The summed E-state index contributed by atoms with van der Waals surface area (Å²) in [5, 5.41) is 11.9. The van der Waals surface area contributed by atoms with Crippen LogP contribution < -0.4 is 15.2 Å². The predicted molar refractivity (Wildman–Crippen MR) is 101 cm³/mol. The van der Waals surface area contributed by atoms with E-state index >= 15 is 0 Å². The summed E-state index contributed by atoms with van der Waals surface area (Å²) in [6.07, 6.45) is 3.88. The summed E-state index contributed by atoms with van der Waals surface area (Å²) in [5.74, 6) is 1.20. The fraction of sp³-hybridized carbons (Fsp3) is 0.350. The molecule has 1 aliphatic carbocycles. The van der Waals surface area contributed by atoms with Crippen molar-refractivity contribution in [2.75, 3.05) is 18.3 Å². The van der Waals surface area contributed by atoms with E-state index in [0.717, 1.165) is 29.8 Å². The molecule has 4 rings (SSSR count). The zero-order chi connectivity index (χ0) is 17.7. The molecule has 0 aromatic heterocycles. The molecule has 2 aromatic carbocycles. The summed E-state index contributed by atoms with van der Waals surface area (Å²) in [6, 6.07) is 15.5. The lowest BCUT2D eigenvalue weighted by Crippen LogP contribution is -2.30. The Morgan fingerprint density at radius 2 is 1.84 bits per heavy atom. The van der Waals surface area contributed by atoms with Crippen molar-refractivity contribution in [3.05, 3.63) is 54.1 Å². The van der Waals surface area contributed by atoms with Crippen LogP contribution >= 0.6 is 0 Å². The molecule has 2 aromatic rings. The molecule has 0 unspecified atom stereocenters.